The SMILES string of the molecule is Cc1n[nH]c(C)c1C(=O)N(C)CC(=O)NCC(C)C. The van der Waals surface area contributed by atoms with E-state index >= 15 is 0 Å². The first-order chi connectivity index (χ1) is 8.82. The van der Waals surface area contributed by atoms with Crippen LogP contribution in [0.4, 0.5) is 0 Å². The molecule has 0 aliphatic carbocycles. The Morgan fingerprint density at radius 1 is 1.37 bits per heavy atom. The highest BCUT2D eigenvalue weighted by atomic mass is 16.2. The number of rotatable bonds is 5. The van der Waals surface area contributed by atoms with Crippen LogP contribution in [0.2, 0.25) is 0 Å². The van der Waals surface area contributed by atoms with Crippen LogP contribution in [0.25, 0.3) is 0 Å². The van der Waals surface area contributed by atoms with Crippen LogP contribution in [-0.2, 0) is 4.79 Å². The molecule has 0 saturated heterocycles. The first-order valence-corrected chi connectivity index (χ1v) is 6.36. The molecule has 1 aromatic rings. The molecule has 0 aliphatic rings. The van der Waals surface area contributed by atoms with Gasteiger partial charge in [0.15, 0.2) is 0 Å². The van der Waals surface area contributed by atoms with Gasteiger partial charge in [-0.3, -0.25) is 14.7 Å². The van der Waals surface area contributed by atoms with Crippen LogP contribution in [0.3, 0.4) is 0 Å². The van der Waals surface area contributed by atoms with Crippen molar-refractivity contribution in [2.24, 2.45) is 5.92 Å². The quantitative estimate of drug-likeness (QED) is 0.830. The zero-order valence-electron chi connectivity index (χ0n) is 12.2. The second-order valence-electron chi connectivity index (χ2n) is 5.17. The monoisotopic (exact) mass is 266 g/mol. The molecular weight excluding hydrogens is 244 g/mol. The van der Waals surface area contributed by atoms with Crippen molar-refractivity contribution < 1.29 is 9.59 Å². The minimum atomic E-state index is -0.191. The Morgan fingerprint density at radius 2 is 2.00 bits per heavy atom. The predicted molar refractivity (Wildman–Crippen MR) is 72.9 cm³/mol. The van der Waals surface area contributed by atoms with Gasteiger partial charge in [-0.25, -0.2) is 0 Å². The van der Waals surface area contributed by atoms with E-state index in [1.54, 1.807) is 20.9 Å². The summed E-state index contributed by atoms with van der Waals surface area (Å²) < 4.78 is 0. The number of hydrogen-bond acceptors (Lipinski definition) is 3. The van der Waals surface area contributed by atoms with E-state index in [1.807, 2.05) is 13.8 Å². The average Bonchev–Trinajstić information content (AvgIpc) is 2.65. The fourth-order valence-electron chi connectivity index (χ4n) is 1.72. The topological polar surface area (TPSA) is 78.1 Å². The molecule has 0 radical (unpaired) electrons. The number of nitrogens with zero attached hydrogens (tertiary/aromatic N) is 2. The lowest BCUT2D eigenvalue weighted by molar-refractivity contribution is -0.121. The number of nitrogens with one attached hydrogen (secondary N) is 2. The van der Waals surface area contributed by atoms with Crippen molar-refractivity contribution in [1.29, 1.82) is 0 Å². The maximum Gasteiger partial charge on any atom is 0.257 e. The van der Waals surface area contributed by atoms with Crippen molar-refractivity contribution in [2.75, 3.05) is 20.1 Å². The number of hydrogen-bond donors (Lipinski definition) is 2. The Balaban J connectivity index is 2.61. The second kappa shape index (κ2) is 6.36. The third-order valence-corrected chi connectivity index (χ3v) is 2.78. The molecule has 0 unspecified atom stereocenters. The van der Waals surface area contributed by atoms with E-state index in [0.29, 0.717) is 23.7 Å². The van der Waals surface area contributed by atoms with E-state index in [1.165, 1.54) is 4.90 Å². The van der Waals surface area contributed by atoms with Gasteiger partial charge in [0.25, 0.3) is 5.91 Å². The molecule has 1 rings (SSSR count). The smallest absolute Gasteiger partial charge is 0.257 e. The van der Waals surface area contributed by atoms with Crippen LogP contribution in [0.15, 0.2) is 0 Å². The van der Waals surface area contributed by atoms with Gasteiger partial charge in [0.2, 0.25) is 5.91 Å². The van der Waals surface area contributed by atoms with E-state index in [-0.39, 0.29) is 18.4 Å². The van der Waals surface area contributed by atoms with E-state index in [0.717, 1.165) is 5.69 Å². The molecule has 1 aromatic heterocycles. The van der Waals surface area contributed by atoms with E-state index in [4.69, 9.17) is 0 Å². The van der Waals surface area contributed by atoms with Crippen LogP contribution < -0.4 is 5.32 Å². The molecule has 19 heavy (non-hydrogen) atoms. The minimum Gasteiger partial charge on any atom is -0.354 e. The molecule has 1 heterocycles. The van der Waals surface area contributed by atoms with Crippen molar-refractivity contribution in [3.05, 3.63) is 17.0 Å². The molecule has 2 amide bonds. The number of aromatic nitrogens is 2. The Bertz CT molecular complexity index is 446. The van der Waals surface area contributed by atoms with Gasteiger partial charge in [0.05, 0.1) is 17.8 Å². The number of aromatic amines is 1. The highest BCUT2D eigenvalue weighted by Crippen LogP contribution is 2.11. The largest absolute Gasteiger partial charge is 0.354 e. The summed E-state index contributed by atoms with van der Waals surface area (Å²) in [6.07, 6.45) is 0. The molecule has 0 aromatic carbocycles. The Labute approximate surface area is 113 Å². The summed E-state index contributed by atoms with van der Waals surface area (Å²) in [5.74, 6) is 0.0510. The van der Waals surface area contributed by atoms with Crippen molar-refractivity contribution in [3.8, 4) is 0 Å². The third-order valence-electron chi connectivity index (χ3n) is 2.78. The summed E-state index contributed by atoms with van der Waals surface area (Å²) in [4.78, 5) is 25.3. The molecule has 0 saturated carbocycles. The summed E-state index contributed by atoms with van der Waals surface area (Å²) in [6, 6.07) is 0. The van der Waals surface area contributed by atoms with Crippen molar-refractivity contribution >= 4 is 11.8 Å². The third kappa shape index (κ3) is 4.08. The second-order valence-corrected chi connectivity index (χ2v) is 5.17. The summed E-state index contributed by atoms with van der Waals surface area (Å²) in [6.45, 7) is 8.27. The molecule has 0 spiro atoms. The van der Waals surface area contributed by atoms with Gasteiger partial charge < -0.3 is 10.2 Å². The van der Waals surface area contributed by atoms with Crippen molar-refractivity contribution in [2.45, 2.75) is 27.7 Å². The van der Waals surface area contributed by atoms with Crippen molar-refractivity contribution in [3.63, 3.8) is 0 Å². The lowest BCUT2D eigenvalue weighted by Crippen LogP contribution is -2.39. The molecular formula is C13H22N4O2. The highest BCUT2D eigenvalue weighted by Gasteiger charge is 2.20. The van der Waals surface area contributed by atoms with Crippen LogP contribution in [-0.4, -0.2) is 47.0 Å². The van der Waals surface area contributed by atoms with Crippen LogP contribution >= 0.6 is 0 Å². The molecule has 106 valence electrons. The minimum absolute atomic E-state index is 0.0512. The molecule has 0 fully saturated rings. The number of aryl methyl sites for hydroxylation is 2. The number of carbonyl (C=O) groups excluding carboxylic acids is 2. The lowest BCUT2D eigenvalue weighted by atomic mass is 10.2. The van der Waals surface area contributed by atoms with Gasteiger partial charge in [-0.2, -0.15) is 5.10 Å². The first-order valence-electron chi connectivity index (χ1n) is 6.36. The number of carbonyl (C=O) groups is 2. The maximum absolute atomic E-state index is 12.2. The highest BCUT2D eigenvalue weighted by molar-refractivity contribution is 5.98. The number of H-pyrrole nitrogens is 1. The number of likely N-dealkylation sites (N-methyl/N-ethyl adjacent to an activating group) is 1. The van der Waals surface area contributed by atoms with Gasteiger partial charge in [0.1, 0.15) is 0 Å². The average molecular weight is 266 g/mol. The molecule has 2 N–H and O–H groups in total. The zero-order valence-corrected chi connectivity index (χ0v) is 12.2. The Morgan fingerprint density at radius 3 is 2.47 bits per heavy atom. The maximum atomic E-state index is 12.2. The first kappa shape index (κ1) is 15.2. The van der Waals surface area contributed by atoms with E-state index in [9.17, 15) is 9.59 Å². The Hall–Kier alpha value is -1.85. The van der Waals surface area contributed by atoms with Crippen molar-refractivity contribution in [1.82, 2.24) is 20.4 Å². The van der Waals surface area contributed by atoms with Crippen LogP contribution in [0, 0.1) is 19.8 Å². The standard InChI is InChI=1S/C13H22N4O2/c1-8(2)6-14-11(18)7-17(5)13(19)12-9(3)15-16-10(12)4/h8H,6-7H2,1-5H3,(H,14,18)(H,15,16). The zero-order chi connectivity index (χ0) is 14.6. The van der Waals surface area contributed by atoms with Gasteiger partial charge in [-0.05, 0) is 19.8 Å². The summed E-state index contributed by atoms with van der Waals surface area (Å²) in [5, 5.41) is 9.54. The fourth-order valence-corrected chi connectivity index (χ4v) is 1.72. The summed E-state index contributed by atoms with van der Waals surface area (Å²) in [5.41, 5.74) is 1.91. The van der Waals surface area contributed by atoms with E-state index < -0.39 is 0 Å². The summed E-state index contributed by atoms with van der Waals surface area (Å²) in [7, 11) is 1.61. The molecule has 0 aliphatic heterocycles. The van der Waals surface area contributed by atoms with Gasteiger partial charge >= 0.3 is 0 Å². The van der Waals surface area contributed by atoms with Crippen LogP contribution in [0.1, 0.15) is 35.6 Å². The van der Waals surface area contributed by atoms with Gasteiger partial charge in [0, 0.05) is 19.3 Å². The van der Waals surface area contributed by atoms with Gasteiger partial charge in [-0.1, -0.05) is 13.8 Å². The summed E-state index contributed by atoms with van der Waals surface area (Å²) >= 11 is 0. The van der Waals surface area contributed by atoms with Gasteiger partial charge in [-0.15, -0.1) is 0 Å². The number of amides is 2. The molecule has 0 bridgehead atoms. The molecule has 6 heteroatoms. The van der Waals surface area contributed by atoms with Crippen LogP contribution in [0.5, 0.6) is 0 Å². The normalized spacial score (nSPS) is 10.6. The molecule has 0 atom stereocenters. The lowest BCUT2D eigenvalue weighted by Gasteiger charge is -2.17. The fraction of sp³-hybridized carbons (Fsp3) is 0.615. The Kier molecular flexibility index (Phi) is 5.09. The predicted octanol–water partition coefficient (Wildman–Crippen LogP) is 0.871. The van der Waals surface area contributed by atoms with E-state index in [2.05, 4.69) is 15.5 Å². The molecule has 6 nitrogen and oxygen atoms in total.